The summed E-state index contributed by atoms with van der Waals surface area (Å²) in [6, 6.07) is 0. The van der Waals surface area contributed by atoms with Gasteiger partial charge in [-0.3, -0.25) is 0 Å². The van der Waals surface area contributed by atoms with E-state index in [1.54, 1.807) is 17.1 Å². The van der Waals surface area contributed by atoms with Gasteiger partial charge in [-0.2, -0.15) is 5.10 Å². The molecule has 0 fully saturated rings. The number of nitrogens with one attached hydrogen (secondary N) is 1. The smallest absolute Gasteiger partial charge is 0.162 e. The predicted octanol–water partition coefficient (Wildman–Crippen LogP) is 1.86. The Balaban J connectivity index is 2.54. The van der Waals surface area contributed by atoms with Crippen molar-refractivity contribution in [3.8, 4) is 5.82 Å². The summed E-state index contributed by atoms with van der Waals surface area (Å²) in [6.45, 7) is 3.96. The summed E-state index contributed by atoms with van der Waals surface area (Å²) in [7, 11) is 0. The van der Waals surface area contributed by atoms with Crippen molar-refractivity contribution in [1.29, 1.82) is 0 Å². The van der Waals surface area contributed by atoms with E-state index >= 15 is 0 Å². The van der Waals surface area contributed by atoms with Gasteiger partial charge in [0.2, 0.25) is 0 Å². The molecule has 0 saturated carbocycles. The van der Waals surface area contributed by atoms with Gasteiger partial charge >= 0.3 is 0 Å². The van der Waals surface area contributed by atoms with Crippen LogP contribution < -0.4 is 11.3 Å². The first-order valence-electron chi connectivity index (χ1n) is 5.70. The maximum absolute atomic E-state index is 5.87. The minimum atomic E-state index is 0.562. The molecule has 0 spiro atoms. The molecule has 0 aromatic carbocycles. The molecule has 0 saturated heterocycles. The topological polar surface area (TPSA) is 81.6 Å². The standard InChI is InChI=1S/C11H15ClN6/c1-3-4-9-15-10(17-13)7(2)11(16-9)18-6-8(12)5-14-18/h5-6H,3-4,13H2,1-2H3,(H,15,16,17). The molecule has 2 rings (SSSR count). The number of anilines is 1. The van der Waals surface area contributed by atoms with Gasteiger partial charge in [-0.15, -0.1) is 0 Å². The van der Waals surface area contributed by atoms with Crippen LogP contribution in [0.5, 0.6) is 0 Å². The predicted molar refractivity (Wildman–Crippen MR) is 70.7 cm³/mol. The van der Waals surface area contributed by atoms with Crippen molar-refractivity contribution in [2.45, 2.75) is 26.7 Å². The molecule has 0 bridgehead atoms. The summed E-state index contributed by atoms with van der Waals surface area (Å²) in [5.74, 6) is 7.50. The molecule has 0 atom stereocenters. The first kappa shape index (κ1) is 12.8. The zero-order valence-electron chi connectivity index (χ0n) is 10.3. The van der Waals surface area contributed by atoms with Gasteiger partial charge in [-0.25, -0.2) is 20.5 Å². The molecule has 0 aliphatic carbocycles. The van der Waals surface area contributed by atoms with E-state index in [1.807, 2.05) is 6.92 Å². The Hall–Kier alpha value is -1.66. The van der Waals surface area contributed by atoms with Crippen LogP contribution in [0.25, 0.3) is 5.82 Å². The van der Waals surface area contributed by atoms with Gasteiger partial charge in [0.25, 0.3) is 0 Å². The maximum atomic E-state index is 5.87. The first-order chi connectivity index (χ1) is 8.65. The fourth-order valence-corrected chi connectivity index (χ4v) is 1.80. The van der Waals surface area contributed by atoms with Crippen LogP contribution in [-0.4, -0.2) is 19.7 Å². The minimum Gasteiger partial charge on any atom is -0.308 e. The molecular weight excluding hydrogens is 252 g/mol. The highest BCUT2D eigenvalue weighted by Gasteiger charge is 2.12. The molecule has 2 aromatic heterocycles. The Bertz CT molecular complexity index is 550. The Morgan fingerprint density at radius 1 is 1.44 bits per heavy atom. The minimum absolute atomic E-state index is 0.562. The van der Waals surface area contributed by atoms with Gasteiger partial charge in [0.05, 0.1) is 17.4 Å². The van der Waals surface area contributed by atoms with Gasteiger partial charge in [0, 0.05) is 12.0 Å². The van der Waals surface area contributed by atoms with Crippen LogP contribution in [0, 0.1) is 6.92 Å². The summed E-state index contributed by atoms with van der Waals surface area (Å²) >= 11 is 5.87. The highest BCUT2D eigenvalue weighted by Crippen LogP contribution is 2.19. The average molecular weight is 267 g/mol. The number of halogens is 1. The van der Waals surface area contributed by atoms with E-state index in [0.29, 0.717) is 16.7 Å². The fraction of sp³-hybridized carbons (Fsp3) is 0.364. The van der Waals surface area contributed by atoms with Crippen LogP contribution in [0.1, 0.15) is 24.7 Å². The zero-order chi connectivity index (χ0) is 13.1. The second kappa shape index (κ2) is 5.32. The Kier molecular flexibility index (Phi) is 3.78. The number of aromatic nitrogens is 4. The molecule has 6 nitrogen and oxygen atoms in total. The Labute approximate surface area is 110 Å². The molecule has 3 N–H and O–H groups in total. The Morgan fingerprint density at radius 3 is 2.78 bits per heavy atom. The van der Waals surface area contributed by atoms with Crippen molar-refractivity contribution in [3.63, 3.8) is 0 Å². The van der Waals surface area contributed by atoms with Crippen LogP contribution >= 0.6 is 11.6 Å². The molecule has 0 aliphatic rings. The van der Waals surface area contributed by atoms with E-state index in [-0.39, 0.29) is 0 Å². The quantitative estimate of drug-likeness (QED) is 0.652. The van der Waals surface area contributed by atoms with E-state index in [1.165, 1.54) is 0 Å². The van der Waals surface area contributed by atoms with Gasteiger partial charge in [-0.05, 0) is 13.3 Å². The van der Waals surface area contributed by atoms with Crippen LogP contribution in [0.3, 0.4) is 0 Å². The van der Waals surface area contributed by atoms with E-state index in [0.717, 1.165) is 24.2 Å². The van der Waals surface area contributed by atoms with Crippen molar-refractivity contribution >= 4 is 17.4 Å². The number of nitrogen functional groups attached to an aromatic ring is 1. The summed E-state index contributed by atoms with van der Waals surface area (Å²) < 4.78 is 1.62. The van der Waals surface area contributed by atoms with Gasteiger partial charge in [-0.1, -0.05) is 18.5 Å². The van der Waals surface area contributed by atoms with Crippen molar-refractivity contribution < 1.29 is 0 Å². The molecule has 7 heteroatoms. The molecule has 2 aromatic rings. The second-order valence-corrected chi connectivity index (χ2v) is 4.37. The third-order valence-electron chi connectivity index (χ3n) is 2.54. The monoisotopic (exact) mass is 266 g/mol. The number of aryl methyl sites for hydroxylation is 1. The summed E-state index contributed by atoms with van der Waals surface area (Å²) in [6.07, 6.45) is 5.02. The lowest BCUT2D eigenvalue weighted by molar-refractivity contribution is 0.778. The van der Waals surface area contributed by atoms with Gasteiger partial charge in [0.1, 0.15) is 11.6 Å². The highest BCUT2D eigenvalue weighted by molar-refractivity contribution is 6.30. The summed E-state index contributed by atoms with van der Waals surface area (Å²) in [5, 5.41) is 4.71. The number of rotatable bonds is 4. The molecule has 2 heterocycles. The maximum Gasteiger partial charge on any atom is 0.162 e. The largest absolute Gasteiger partial charge is 0.308 e. The molecule has 0 radical (unpaired) electrons. The Morgan fingerprint density at radius 2 is 2.22 bits per heavy atom. The van der Waals surface area contributed by atoms with Crippen LogP contribution in [0.2, 0.25) is 5.02 Å². The summed E-state index contributed by atoms with van der Waals surface area (Å²) in [4.78, 5) is 8.84. The first-order valence-corrected chi connectivity index (χ1v) is 6.08. The number of nitrogens with zero attached hydrogens (tertiary/aromatic N) is 4. The van der Waals surface area contributed by atoms with Gasteiger partial charge < -0.3 is 5.43 Å². The van der Waals surface area contributed by atoms with E-state index in [4.69, 9.17) is 17.4 Å². The van der Waals surface area contributed by atoms with E-state index in [2.05, 4.69) is 27.4 Å². The SMILES string of the molecule is CCCc1nc(NN)c(C)c(-n2cc(Cl)cn2)n1. The average Bonchev–Trinajstić information content (AvgIpc) is 2.78. The third kappa shape index (κ3) is 2.44. The lowest BCUT2D eigenvalue weighted by atomic mass is 10.2. The highest BCUT2D eigenvalue weighted by atomic mass is 35.5. The number of hydrazine groups is 1. The molecule has 96 valence electrons. The normalized spacial score (nSPS) is 10.7. The molecule has 0 unspecified atom stereocenters. The van der Waals surface area contributed by atoms with Crippen LogP contribution in [-0.2, 0) is 6.42 Å². The van der Waals surface area contributed by atoms with Crippen LogP contribution in [0.15, 0.2) is 12.4 Å². The summed E-state index contributed by atoms with van der Waals surface area (Å²) in [5.41, 5.74) is 3.42. The third-order valence-corrected chi connectivity index (χ3v) is 2.74. The number of hydrogen-bond donors (Lipinski definition) is 2. The van der Waals surface area contributed by atoms with Gasteiger partial charge in [0.15, 0.2) is 5.82 Å². The van der Waals surface area contributed by atoms with Crippen molar-refractivity contribution in [1.82, 2.24) is 19.7 Å². The number of hydrogen-bond acceptors (Lipinski definition) is 5. The van der Waals surface area contributed by atoms with E-state index < -0.39 is 0 Å². The lowest BCUT2D eigenvalue weighted by Crippen LogP contribution is -2.15. The van der Waals surface area contributed by atoms with Crippen molar-refractivity contribution in [3.05, 3.63) is 28.8 Å². The second-order valence-electron chi connectivity index (χ2n) is 3.93. The zero-order valence-corrected chi connectivity index (χ0v) is 11.1. The number of nitrogens with two attached hydrogens (primary N) is 1. The van der Waals surface area contributed by atoms with E-state index in [9.17, 15) is 0 Å². The fourth-order valence-electron chi connectivity index (χ4n) is 1.67. The van der Waals surface area contributed by atoms with Crippen LogP contribution in [0.4, 0.5) is 5.82 Å². The lowest BCUT2D eigenvalue weighted by Gasteiger charge is -2.11. The molecule has 0 amide bonds. The molecular formula is C11H15ClN6. The molecule has 0 aliphatic heterocycles. The van der Waals surface area contributed by atoms with Crippen molar-refractivity contribution in [2.75, 3.05) is 5.43 Å². The molecule has 18 heavy (non-hydrogen) atoms. The van der Waals surface area contributed by atoms with Crippen molar-refractivity contribution in [2.24, 2.45) is 5.84 Å².